The SMILES string of the molecule is COC1(C)CCCN(CC(N)c2cc(C)cc(C)c2)C1. The lowest BCUT2D eigenvalue weighted by molar-refractivity contribution is -0.0516. The van der Waals surface area contributed by atoms with Gasteiger partial charge < -0.3 is 10.5 Å². The Morgan fingerprint density at radius 1 is 1.30 bits per heavy atom. The molecule has 0 aliphatic carbocycles. The normalized spacial score (nSPS) is 25.6. The van der Waals surface area contributed by atoms with E-state index in [0.717, 1.165) is 26.1 Å². The van der Waals surface area contributed by atoms with E-state index in [4.69, 9.17) is 10.5 Å². The molecule has 2 unspecified atom stereocenters. The molecule has 2 N–H and O–H groups in total. The Hall–Kier alpha value is -0.900. The largest absolute Gasteiger partial charge is 0.377 e. The second-order valence-corrected chi connectivity index (χ2v) is 6.52. The number of hydrogen-bond acceptors (Lipinski definition) is 3. The van der Waals surface area contributed by atoms with Gasteiger partial charge in [0.15, 0.2) is 0 Å². The summed E-state index contributed by atoms with van der Waals surface area (Å²) < 4.78 is 5.65. The van der Waals surface area contributed by atoms with Gasteiger partial charge in [-0.05, 0) is 45.7 Å². The molecule has 112 valence electrons. The molecule has 1 aliphatic rings. The van der Waals surface area contributed by atoms with Gasteiger partial charge >= 0.3 is 0 Å². The number of nitrogens with zero attached hydrogens (tertiary/aromatic N) is 1. The van der Waals surface area contributed by atoms with Crippen molar-refractivity contribution in [2.24, 2.45) is 5.73 Å². The maximum Gasteiger partial charge on any atom is 0.0777 e. The lowest BCUT2D eigenvalue weighted by Crippen LogP contribution is -2.49. The molecule has 1 heterocycles. The van der Waals surface area contributed by atoms with E-state index in [1.165, 1.54) is 23.1 Å². The number of aryl methyl sites for hydroxylation is 2. The predicted octanol–water partition coefficient (Wildman–Crippen LogP) is 2.80. The van der Waals surface area contributed by atoms with Gasteiger partial charge in [0, 0.05) is 26.2 Å². The summed E-state index contributed by atoms with van der Waals surface area (Å²) in [6.07, 6.45) is 2.32. The van der Waals surface area contributed by atoms with Crippen LogP contribution in [-0.4, -0.2) is 37.2 Å². The maximum atomic E-state index is 6.41. The molecule has 2 rings (SSSR count). The van der Waals surface area contributed by atoms with Crippen molar-refractivity contribution in [3.63, 3.8) is 0 Å². The Bertz CT molecular complexity index is 440. The van der Waals surface area contributed by atoms with Gasteiger partial charge in [0.2, 0.25) is 0 Å². The third-order valence-corrected chi connectivity index (χ3v) is 4.36. The summed E-state index contributed by atoms with van der Waals surface area (Å²) in [5, 5.41) is 0. The van der Waals surface area contributed by atoms with Crippen LogP contribution in [0.5, 0.6) is 0 Å². The van der Waals surface area contributed by atoms with E-state index in [9.17, 15) is 0 Å². The molecule has 1 aromatic rings. The van der Waals surface area contributed by atoms with E-state index >= 15 is 0 Å². The minimum absolute atomic E-state index is 0.0134. The highest BCUT2D eigenvalue weighted by Crippen LogP contribution is 2.25. The van der Waals surface area contributed by atoms with Crippen molar-refractivity contribution in [3.8, 4) is 0 Å². The van der Waals surface area contributed by atoms with Crippen LogP contribution in [0.2, 0.25) is 0 Å². The van der Waals surface area contributed by atoms with Crippen molar-refractivity contribution in [1.29, 1.82) is 0 Å². The summed E-state index contributed by atoms with van der Waals surface area (Å²) in [4.78, 5) is 2.44. The molecule has 2 atom stereocenters. The van der Waals surface area contributed by atoms with Gasteiger partial charge in [0.05, 0.1) is 5.60 Å². The summed E-state index contributed by atoms with van der Waals surface area (Å²) >= 11 is 0. The molecule has 0 amide bonds. The summed E-state index contributed by atoms with van der Waals surface area (Å²) in [5.74, 6) is 0. The third kappa shape index (κ3) is 3.81. The molecule has 3 nitrogen and oxygen atoms in total. The average Bonchev–Trinajstić information content (AvgIpc) is 2.37. The monoisotopic (exact) mass is 276 g/mol. The van der Waals surface area contributed by atoms with E-state index in [1.807, 2.05) is 7.11 Å². The number of likely N-dealkylation sites (tertiary alicyclic amines) is 1. The number of rotatable bonds is 4. The summed E-state index contributed by atoms with van der Waals surface area (Å²) in [7, 11) is 1.81. The summed E-state index contributed by atoms with van der Waals surface area (Å²) in [5.41, 5.74) is 10.2. The zero-order chi connectivity index (χ0) is 14.8. The molecule has 1 aromatic carbocycles. The van der Waals surface area contributed by atoms with Crippen molar-refractivity contribution in [3.05, 3.63) is 34.9 Å². The number of benzene rings is 1. The minimum atomic E-state index is -0.0134. The Kier molecular flexibility index (Phi) is 4.84. The lowest BCUT2D eigenvalue weighted by Gasteiger charge is -2.40. The first kappa shape index (κ1) is 15.5. The van der Waals surface area contributed by atoms with Crippen LogP contribution < -0.4 is 5.73 Å². The van der Waals surface area contributed by atoms with Crippen LogP contribution in [-0.2, 0) is 4.74 Å². The van der Waals surface area contributed by atoms with Gasteiger partial charge in [-0.15, -0.1) is 0 Å². The average molecular weight is 276 g/mol. The highest BCUT2D eigenvalue weighted by atomic mass is 16.5. The molecule has 1 aliphatic heterocycles. The highest BCUT2D eigenvalue weighted by Gasteiger charge is 2.31. The van der Waals surface area contributed by atoms with Crippen LogP contribution in [0.25, 0.3) is 0 Å². The van der Waals surface area contributed by atoms with Crippen LogP contribution in [0.15, 0.2) is 18.2 Å². The van der Waals surface area contributed by atoms with Gasteiger partial charge in [0.25, 0.3) is 0 Å². The number of methoxy groups -OCH3 is 1. The molecule has 0 saturated carbocycles. The van der Waals surface area contributed by atoms with Crippen LogP contribution in [0, 0.1) is 13.8 Å². The minimum Gasteiger partial charge on any atom is -0.377 e. The zero-order valence-electron chi connectivity index (χ0n) is 13.3. The molecule has 0 spiro atoms. The lowest BCUT2D eigenvalue weighted by atomic mass is 9.93. The molecule has 1 fully saturated rings. The molecule has 0 aromatic heterocycles. The third-order valence-electron chi connectivity index (χ3n) is 4.36. The summed E-state index contributed by atoms with van der Waals surface area (Å²) in [6, 6.07) is 6.68. The Balaban J connectivity index is 2.02. The number of piperidine rings is 1. The van der Waals surface area contributed by atoms with Crippen LogP contribution in [0.4, 0.5) is 0 Å². The van der Waals surface area contributed by atoms with E-state index in [1.54, 1.807) is 0 Å². The highest BCUT2D eigenvalue weighted by molar-refractivity contribution is 5.30. The second-order valence-electron chi connectivity index (χ2n) is 6.52. The summed E-state index contributed by atoms with van der Waals surface area (Å²) in [6.45, 7) is 9.46. The van der Waals surface area contributed by atoms with Crippen molar-refractivity contribution < 1.29 is 4.74 Å². The Labute approximate surface area is 123 Å². The van der Waals surface area contributed by atoms with Gasteiger partial charge in [-0.1, -0.05) is 29.3 Å². The van der Waals surface area contributed by atoms with Crippen molar-refractivity contribution in [2.45, 2.75) is 45.3 Å². The Morgan fingerprint density at radius 3 is 2.55 bits per heavy atom. The number of ether oxygens (including phenoxy) is 1. The molecule has 1 saturated heterocycles. The predicted molar refractivity (Wildman–Crippen MR) is 83.9 cm³/mol. The van der Waals surface area contributed by atoms with E-state index in [-0.39, 0.29) is 11.6 Å². The topological polar surface area (TPSA) is 38.5 Å². The number of nitrogens with two attached hydrogens (primary N) is 1. The second kappa shape index (κ2) is 6.25. The first-order valence-corrected chi connectivity index (χ1v) is 7.53. The fourth-order valence-electron chi connectivity index (χ4n) is 3.24. The molecule has 20 heavy (non-hydrogen) atoms. The molecular weight excluding hydrogens is 248 g/mol. The van der Waals surface area contributed by atoms with Gasteiger partial charge in [-0.2, -0.15) is 0 Å². The van der Waals surface area contributed by atoms with Crippen molar-refractivity contribution >= 4 is 0 Å². The van der Waals surface area contributed by atoms with Crippen LogP contribution >= 0.6 is 0 Å². The van der Waals surface area contributed by atoms with Crippen LogP contribution in [0.3, 0.4) is 0 Å². The quantitative estimate of drug-likeness (QED) is 0.919. The van der Waals surface area contributed by atoms with E-state index in [0.29, 0.717) is 0 Å². The van der Waals surface area contributed by atoms with Crippen molar-refractivity contribution in [2.75, 3.05) is 26.7 Å². The van der Waals surface area contributed by atoms with Crippen molar-refractivity contribution in [1.82, 2.24) is 4.90 Å². The first-order chi connectivity index (χ1) is 9.42. The fraction of sp³-hybridized carbons (Fsp3) is 0.647. The molecule has 3 heteroatoms. The van der Waals surface area contributed by atoms with Gasteiger partial charge in [0.1, 0.15) is 0 Å². The maximum absolute atomic E-state index is 6.41. The van der Waals surface area contributed by atoms with Crippen LogP contribution in [0.1, 0.15) is 42.5 Å². The van der Waals surface area contributed by atoms with E-state index < -0.39 is 0 Å². The Morgan fingerprint density at radius 2 is 1.95 bits per heavy atom. The van der Waals surface area contributed by atoms with Gasteiger partial charge in [-0.3, -0.25) is 4.90 Å². The standard InChI is InChI=1S/C17H28N2O/c1-13-8-14(2)10-15(9-13)16(18)11-19-7-5-6-17(3,12-19)20-4/h8-10,16H,5-7,11-12,18H2,1-4H3. The molecular formula is C17H28N2O. The first-order valence-electron chi connectivity index (χ1n) is 7.53. The molecule has 0 bridgehead atoms. The smallest absolute Gasteiger partial charge is 0.0777 e. The number of hydrogen-bond donors (Lipinski definition) is 1. The zero-order valence-corrected chi connectivity index (χ0v) is 13.3. The van der Waals surface area contributed by atoms with Gasteiger partial charge in [-0.25, -0.2) is 0 Å². The fourth-order valence-corrected chi connectivity index (χ4v) is 3.24. The van der Waals surface area contributed by atoms with E-state index in [2.05, 4.69) is 43.9 Å². The molecule has 0 radical (unpaired) electrons.